The van der Waals surface area contributed by atoms with Crippen LogP contribution in [0.2, 0.25) is 0 Å². The highest BCUT2D eigenvalue weighted by Crippen LogP contribution is 2.40. The lowest BCUT2D eigenvalue weighted by Crippen LogP contribution is -2.45. The molecule has 1 aromatic rings. The van der Waals surface area contributed by atoms with Gasteiger partial charge in [0.25, 0.3) is 0 Å². The molecule has 0 bridgehead atoms. The number of amides is 1. The lowest BCUT2D eigenvalue weighted by Gasteiger charge is -2.38. The molecule has 0 aliphatic carbocycles. The molecule has 188 valence electrons. The van der Waals surface area contributed by atoms with Crippen LogP contribution >= 0.6 is 0 Å². The highest BCUT2D eigenvalue weighted by Gasteiger charge is 2.42. The average Bonchev–Trinajstić information content (AvgIpc) is 2.81. The number of aliphatic hydroxyl groups is 2. The Morgan fingerprint density at radius 3 is 1.97 bits per heavy atom. The molecule has 0 spiro atoms. The zero-order valence-corrected chi connectivity index (χ0v) is 21.0. The molecule has 1 unspecified atom stereocenters. The Morgan fingerprint density at radius 1 is 0.879 bits per heavy atom. The van der Waals surface area contributed by atoms with E-state index in [9.17, 15) is 15.0 Å². The summed E-state index contributed by atoms with van der Waals surface area (Å²) in [5, 5.41) is 19.4. The van der Waals surface area contributed by atoms with E-state index in [1.54, 1.807) is 0 Å². The molecule has 0 aliphatic heterocycles. The summed E-state index contributed by atoms with van der Waals surface area (Å²) in [5.41, 5.74) is 6.18. The van der Waals surface area contributed by atoms with E-state index in [-0.39, 0.29) is 19.1 Å². The summed E-state index contributed by atoms with van der Waals surface area (Å²) >= 11 is 0. The molecule has 33 heavy (non-hydrogen) atoms. The number of aliphatic hydroxyl groups excluding tert-OH is 2. The van der Waals surface area contributed by atoms with E-state index in [4.69, 9.17) is 5.73 Å². The number of nitrogens with two attached hydrogens (primary N) is 1. The second-order valence-electron chi connectivity index (χ2n) is 9.52. The van der Waals surface area contributed by atoms with Gasteiger partial charge in [0.05, 0.1) is 5.41 Å². The molecule has 1 amide bonds. The SMILES string of the molecule is CCCCCCCC/C=C\CCCCCC(Cc1ccccc1)C(CCO)(CCO)C(N)=O. The fourth-order valence-electron chi connectivity index (χ4n) is 4.96. The van der Waals surface area contributed by atoms with Crippen molar-refractivity contribution in [3.63, 3.8) is 0 Å². The van der Waals surface area contributed by atoms with Gasteiger partial charge in [-0.1, -0.05) is 94.4 Å². The van der Waals surface area contributed by atoms with Crippen LogP contribution < -0.4 is 5.73 Å². The predicted molar refractivity (Wildman–Crippen MR) is 139 cm³/mol. The lowest BCUT2D eigenvalue weighted by atomic mass is 9.66. The molecule has 0 fully saturated rings. The topological polar surface area (TPSA) is 83.6 Å². The number of unbranched alkanes of at least 4 members (excludes halogenated alkanes) is 9. The largest absolute Gasteiger partial charge is 0.396 e. The first-order chi connectivity index (χ1) is 16.1. The maximum Gasteiger partial charge on any atom is 0.224 e. The van der Waals surface area contributed by atoms with Gasteiger partial charge in [0.1, 0.15) is 0 Å². The molecule has 0 saturated heterocycles. The molecule has 1 aromatic carbocycles. The van der Waals surface area contributed by atoms with Crippen molar-refractivity contribution in [2.24, 2.45) is 17.1 Å². The standard InChI is InChI=1S/C29H49NO3/c1-2-3-4-5-6-7-8-9-10-11-12-13-17-20-27(25-26-18-15-14-16-19-26)29(21-23-31,22-24-32)28(30)33/h9-10,14-16,18-19,27,31-32H,2-8,11-13,17,20-25H2,1H3,(H2,30,33)/b10-9-. The van der Waals surface area contributed by atoms with E-state index >= 15 is 0 Å². The molecular formula is C29H49NO3. The molecule has 4 N–H and O–H groups in total. The van der Waals surface area contributed by atoms with E-state index in [0.29, 0.717) is 12.8 Å². The molecule has 0 heterocycles. The monoisotopic (exact) mass is 459 g/mol. The van der Waals surface area contributed by atoms with Gasteiger partial charge in [-0.25, -0.2) is 0 Å². The molecule has 4 heteroatoms. The number of benzene rings is 1. The maximum absolute atomic E-state index is 12.6. The first kappa shape index (κ1) is 29.4. The highest BCUT2D eigenvalue weighted by atomic mass is 16.3. The molecule has 0 aromatic heterocycles. The third-order valence-corrected chi connectivity index (χ3v) is 7.03. The quantitative estimate of drug-likeness (QED) is 0.148. The first-order valence-corrected chi connectivity index (χ1v) is 13.3. The molecule has 0 aliphatic rings. The third kappa shape index (κ3) is 11.9. The van der Waals surface area contributed by atoms with Crippen molar-refractivity contribution < 1.29 is 15.0 Å². The van der Waals surface area contributed by atoms with E-state index < -0.39 is 11.3 Å². The summed E-state index contributed by atoms with van der Waals surface area (Å²) in [5.74, 6) is -0.385. The van der Waals surface area contributed by atoms with Crippen LogP contribution in [-0.4, -0.2) is 29.3 Å². The Bertz CT molecular complexity index is 623. The third-order valence-electron chi connectivity index (χ3n) is 7.03. The number of hydrogen-bond donors (Lipinski definition) is 3. The van der Waals surface area contributed by atoms with Crippen molar-refractivity contribution in [3.8, 4) is 0 Å². The van der Waals surface area contributed by atoms with Gasteiger partial charge >= 0.3 is 0 Å². The Kier molecular flexibility index (Phi) is 16.7. The van der Waals surface area contributed by atoms with Crippen molar-refractivity contribution in [2.45, 2.75) is 103 Å². The maximum atomic E-state index is 12.6. The Morgan fingerprint density at radius 2 is 1.42 bits per heavy atom. The van der Waals surface area contributed by atoms with Crippen LogP contribution in [0, 0.1) is 11.3 Å². The van der Waals surface area contributed by atoms with Gasteiger partial charge in [-0.15, -0.1) is 0 Å². The van der Waals surface area contributed by atoms with Crippen LogP contribution in [-0.2, 0) is 11.2 Å². The summed E-state index contributed by atoms with van der Waals surface area (Å²) in [6.45, 7) is 2.06. The van der Waals surface area contributed by atoms with E-state index in [0.717, 1.165) is 38.5 Å². The van der Waals surface area contributed by atoms with Gasteiger partial charge in [-0.3, -0.25) is 4.79 Å². The molecule has 1 atom stereocenters. The van der Waals surface area contributed by atoms with Gasteiger partial charge in [-0.2, -0.15) is 0 Å². The zero-order valence-electron chi connectivity index (χ0n) is 21.0. The first-order valence-electron chi connectivity index (χ1n) is 13.3. The van der Waals surface area contributed by atoms with Gasteiger partial charge in [-0.05, 0) is 62.8 Å². The number of carbonyl (C=O) groups excluding carboxylic acids is 1. The molecule has 1 rings (SSSR count). The fourth-order valence-corrected chi connectivity index (χ4v) is 4.96. The Hall–Kier alpha value is -1.65. The van der Waals surface area contributed by atoms with E-state index in [1.807, 2.05) is 18.2 Å². The van der Waals surface area contributed by atoms with Crippen LogP contribution in [0.3, 0.4) is 0 Å². The molecule has 0 radical (unpaired) electrons. The smallest absolute Gasteiger partial charge is 0.224 e. The van der Waals surface area contributed by atoms with E-state index in [1.165, 1.54) is 50.5 Å². The van der Waals surface area contributed by atoms with Crippen LogP contribution in [0.5, 0.6) is 0 Å². The number of rotatable bonds is 21. The molecule has 4 nitrogen and oxygen atoms in total. The fraction of sp³-hybridized carbons (Fsp3) is 0.690. The second kappa shape index (κ2) is 18.7. The van der Waals surface area contributed by atoms with Crippen LogP contribution in [0.4, 0.5) is 0 Å². The van der Waals surface area contributed by atoms with Crippen molar-refractivity contribution in [3.05, 3.63) is 48.0 Å². The van der Waals surface area contributed by atoms with Gasteiger partial charge in [0.15, 0.2) is 0 Å². The zero-order chi connectivity index (χ0) is 24.2. The van der Waals surface area contributed by atoms with Crippen molar-refractivity contribution in [1.82, 2.24) is 0 Å². The van der Waals surface area contributed by atoms with Crippen LogP contribution in [0.1, 0.15) is 102 Å². The number of allylic oxidation sites excluding steroid dienone is 2. The number of carbonyl (C=O) groups is 1. The van der Waals surface area contributed by atoms with Crippen molar-refractivity contribution >= 4 is 5.91 Å². The number of hydrogen-bond acceptors (Lipinski definition) is 3. The van der Waals surface area contributed by atoms with Crippen LogP contribution in [0.25, 0.3) is 0 Å². The molecular weight excluding hydrogens is 410 g/mol. The summed E-state index contributed by atoms with van der Waals surface area (Å²) < 4.78 is 0. The minimum atomic E-state index is -0.865. The summed E-state index contributed by atoms with van der Waals surface area (Å²) in [7, 11) is 0. The van der Waals surface area contributed by atoms with Gasteiger partial charge in [0, 0.05) is 13.2 Å². The minimum Gasteiger partial charge on any atom is -0.396 e. The van der Waals surface area contributed by atoms with Gasteiger partial charge in [0.2, 0.25) is 5.91 Å². The van der Waals surface area contributed by atoms with Crippen LogP contribution in [0.15, 0.2) is 42.5 Å². The Balaban J connectivity index is 2.51. The molecule has 0 saturated carbocycles. The van der Waals surface area contributed by atoms with Gasteiger partial charge < -0.3 is 15.9 Å². The van der Waals surface area contributed by atoms with E-state index in [2.05, 4.69) is 31.2 Å². The van der Waals surface area contributed by atoms with Crippen molar-refractivity contribution in [1.29, 1.82) is 0 Å². The normalized spacial score (nSPS) is 12.9. The minimum absolute atomic E-state index is 0.0138. The lowest BCUT2D eigenvalue weighted by molar-refractivity contribution is -0.134. The summed E-state index contributed by atoms with van der Waals surface area (Å²) in [4.78, 5) is 12.6. The Labute approximate surface area is 202 Å². The average molecular weight is 460 g/mol. The number of primary amides is 1. The van der Waals surface area contributed by atoms with Crippen molar-refractivity contribution in [2.75, 3.05) is 13.2 Å². The second-order valence-corrected chi connectivity index (χ2v) is 9.52. The summed E-state index contributed by atoms with van der Waals surface area (Å²) in [6.07, 6.45) is 20.5. The summed E-state index contributed by atoms with van der Waals surface area (Å²) in [6, 6.07) is 10.2. The predicted octanol–water partition coefficient (Wildman–Crippen LogP) is 6.34. The highest BCUT2D eigenvalue weighted by molar-refractivity contribution is 5.81.